The van der Waals surface area contributed by atoms with Crippen molar-refractivity contribution in [2.45, 2.75) is 329 Å². The number of unbranched alkanes of at least 4 members (excludes halogenated alkanes) is 21. The third-order valence-electron chi connectivity index (χ3n) is 16.8. The smallest absolute Gasteiger partial charge is 0.462 e. The van der Waals surface area contributed by atoms with Crippen LogP contribution in [0.4, 0.5) is 0 Å². The first-order valence-corrected chi connectivity index (χ1v) is 45.0. The van der Waals surface area contributed by atoms with Gasteiger partial charge in [0.15, 0.2) is 12.2 Å². The minimum Gasteiger partial charge on any atom is -0.462 e. The number of aliphatic hydroxyl groups excluding tert-OH is 1. The van der Waals surface area contributed by atoms with Crippen LogP contribution in [0.25, 0.3) is 0 Å². The molecule has 17 nitrogen and oxygen atoms in total. The summed E-state index contributed by atoms with van der Waals surface area (Å²) in [5.74, 6) is -2.34. The number of rotatable bonds is 77. The normalized spacial score (nSPS) is 14.7. The summed E-state index contributed by atoms with van der Waals surface area (Å²) in [4.78, 5) is 73.2. The summed E-state index contributed by atoms with van der Waals surface area (Å²) < 4.78 is 68.7. The molecule has 0 aromatic carbocycles. The molecule has 0 aromatic heterocycles. The lowest BCUT2D eigenvalue weighted by molar-refractivity contribution is -0.161. The Balaban J connectivity index is 5.51. The van der Waals surface area contributed by atoms with Crippen molar-refractivity contribution in [1.29, 1.82) is 0 Å². The van der Waals surface area contributed by atoms with Crippen LogP contribution >= 0.6 is 15.6 Å². The van der Waals surface area contributed by atoms with E-state index in [-0.39, 0.29) is 25.7 Å². The second kappa shape index (κ2) is 81.2. The van der Waals surface area contributed by atoms with Gasteiger partial charge in [-0.25, -0.2) is 9.13 Å². The molecule has 110 heavy (non-hydrogen) atoms. The largest absolute Gasteiger partial charge is 0.472 e. The zero-order valence-corrected chi connectivity index (χ0v) is 70.1. The SMILES string of the molecule is CC/C=C\C/C=C\C/C=C\C/C=C\C/C=C\C/C=C\CCC(=O)OCC(COP(=O)(O)OCC(O)COP(=O)(O)OCC(COC(=O)CCCCCC/C=C\C/C=C\C/C=C\C/C=C\CC)OC(=O)CCCCCCC/C=C\C/C=C\CCCCC)OC(=O)CCCCCCCC/C=C\C/C=C\C/C=C\CCCCC. The Morgan fingerprint density at radius 2 is 0.491 bits per heavy atom. The Kier molecular flexibility index (Phi) is 76.9. The number of hydrogen-bond acceptors (Lipinski definition) is 15. The van der Waals surface area contributed by atoms with E-state index in [0.29, 0.717) is 32.1 Å². The van der Waals surface area contributed by atoms with Gasteiger partial charge in [-0.05, 0) is 173 Å². The minimum atomic E-state index is -5.01. The van der Waals surface area contributed by atoms with Gasteiger partial charge >= 0.3 is 39.5 Å². The van der Waals surface area contributed by atoms with Crippen LogP contribution < -0.4 is 0 Å². The number of allylic oxidation sites excluding steroid dienone is 30. The highest BCUT2D eigenvalue weighted by molar-refractivity contribution is 7.47. The Labute approximate surface area is 666 Å². The zero-order valence-electron chi connectivity index (χ0n) is 68.4. The highest BCUT2D eigenvalue weighted by Crippen LogP contribution is 2.45. The quantitative estimate of drug-likeness (QED) is 0.0169. The molecular weight excluding hydrogens is 1430 g/mol. The Morgan fingerprint density at radius 1 is 0.264 bits per heavy atom. The summed E-state index contributed by atoms with van der Waals surface area (Å²) in [7, 11) is -10.0. The Hall–Kier alpha value is -5.84. The number of esters is 4. The number of phosphoric acid groups is 2. The molecule has 3 N–H and O–H groups in total. The minimum absolute atomic E-state index is 0.0261. The molecule has 19 heteroatoms. The summed E-state index contributed by atoms with van der Waals surface area (Å²) in [5, 5.41) is 10.7. The van der Waals surface area contributed by atoms with E-state index in [9.17, 15) is 43.2 Å². The molecule has 0 aromatic rings. The van der Waals surface area contributed by atoms with Crippen LogP contribution in [0.15, 0.2) is 182 Å². The maximum absolute atomic E-state index is 13.1. The van der Waals surface area contributed by atoms with Crippen molar-refractivity contribution in [3.05, 3.63) is 182 Å². The molecule has 5 unspecified atom stereocenters. The predicted molar refractivity (Wildman–Crippen MR) is 454 cm³/mol. The maximum atomic E-state index is 13.1. The monoisotopic (exact) mass is 1580 g/mol. The van der Waals surface area contributed by atoms with Gasteiger partial charge in [0.25, 0.3) is 0 Å². The van der Waals surface area contributed by atoms with E-state index >= 15 is 0 Å². The average molecular weight is 1580 g/mol. The van der Waals surface area contributed by atoms with E-state index in [1.54, 1.807) is 0 Å². The number of ether oxygens (including phenoxy) is 4. The van der Waals surface area contributed by atoms with Gasteiger partial charge in [-0.3, -0.25) is 37.3 Å². The van der Waals surface area contributed by atoms with Gasteiger partial charge in [0.05, 0.1) is 26.4 Å². The predicted octanol–water partition coefficient (Wildman–Crippen LogP) is 25.1. The number of carbonyl (C=O) groups excluding carboxylic acids is 4. The lowest BCUT2D eigenvalue weighted by Gasteiger charge is -2.21. The molecule has 0 amide bonds. The van der Waals surface area contributed by atoms with Crippen LogP contribution in [-0.2, 0) is 65.4 Å². The highest BCUT2D eigenvalue weighted by atomic mass is 31.2. The average Bonchev–Trinajstić information content (AvgIpc) is 0.900. The molecular formula is C91H148O17P2. The van der Waals surface area contributed by atoms with E-state index < -0.39 is 97.5 Å². The summed E-state index contributed by atoms with van der Waals surface area (Å²) in [6, 6.07) is 0. The highest BCUT2D eigenvalue weighted by Gasteiger charge is 2.30. The van der Waals surface area contributed by atoms with E-state index in [4.69, 9.17) is 37.0 Å². The molecule has 0 aliphatic heterocycles. The molecule has 5 atom stereocenters. The standard InChI is InChI=1S/C91H148O17P2/c1-5-9-13-17-21-25-29-33-37-40-42-45-49-52-56-60-64-68-72-76-89(94)102-82-87(108-91(96)78-74-70-66-62-58-54-50-46-43-41-38-34-30-26-22-18-14-10-6-2)84-106-110(99,100)104-80-85(92)79-103-109(97,98)105-83-86(107-90(95)77-73-69-65-61-57-53-47-36-32-28-24-20-16-12-8-4)81-101-88(93)75-71-67-63-59-55-51-48-44-39-35-31-27-23-19-15-11-7-3/h9,11,13,15,21-28,33-39,42-43,45-48,51-52,56,64,68,85-87,92H,5-8,10,12,14,16-20,29-32,40-41,44,49-50,53-55,57-63,65-67,69-84H2,1-4H3,(H,97,98)(H,99,100)/b13-9-,15-11-,25-21-,26-22-,27-23-,28-24-,37-33-,38-34-,39-35-,45-42-,46-43-,47-36-,51-48-,56-52-,68-64-. The summed E-state index contributed by atoms with van der Waals surface area (Å²) in [6.45, 7) is 4.45. The molecule has 0 aliphatic carbocycles. The van der Waals surface area contributed by atoms with Gasteiger partial charge in [0, 0.05) is 25.7 Å². The van der Waals surface area contributed by atoms with E-state index in [1.807, 2.05) is 18.2 Å². The van der Waals surface area contributed by atoms with Gasteiger partial charge < -0.3 is 33.8 Å². The number of aliphatic hydroxyl groups is 1. The van der Waals surface area contributed by atoms with Crippen LogP contribution in [0, 0.1) is 0 Å². The van der Waals surface area contributed by atoms with Crippen LogP contribution in [0.3, 0.4) is 0 Å². The number of phosphoric ester groups is 2. The van der Waals surface area contributed by atoms with Gasteiger partial charge in [0.1, 0.15) is 19.3 Å². The van der Waals surface area contributed by atoms with Crippen LogP contribution in [-0.4, -0.2) is 96.7 Å². The molecule has 0 aliphatic rings. The lowest BCUT2D eigenvalue weighted by atomic mass is 10.1. The Morgan fingerprint density at radius 3 is 0.782 bits per heavy atom. The first-order valence-electron chi connectivity index (χ1n) is 42.0. The summed E-state index contributed by atoms with van der Waals surface area (Å²) >= 11 is 0. The van der Waals surface area contributed by atoms with Gasteiger partial charge in [0.2, 0.25) is 0 Å². The van der Waals surface area contributed by atoms with Crippen molar-refractivity contribution in [2.24, 2.45) is 0 Å². The molecule has 0 spiro atoms. The van der Waals surface area contributed by atoms with Crippen molar-refractivity contribution >= 4 is 39.5 Å². The van der Waals surface area contributed by atoms with Gasteiger partial charge in [-0.2, -0.15) is 0 Å². The second-order valence-electron chi connectivity index (χ2n) is 27.3. The van der Waals surface area contributed by atoms with Crippen LogP contribution in [0.1, 0.15) is 310 Å². The van der Waals surface area contributed by atoms with Gasteiger partial charge in [-0.15, -0.1) is 0 Å². The first kappa shape index (κ1) is 104. The molecule has 0 bridgehead atoms. The maximum Gasteiger partial charge on any atom is 0.472 e. The molecule has 0 fully saturated rings. The van der Waals surface area contributed by atoms with Crippen molar-refractivity contribution in [3.63, 3.8) is 0 Å². The zero-order chi connectivity index (χ0) is 80.3. The molecule has 0 radical (unpaired) electrons. The van der Waals surface area contributed by atoms with Crippen molar-refractivity contribution in [3.8, 4) is 0 Å². The molecule has 0 rings (SSSR count). The molecule has 0 heterocycles. The van der Waals surface area contributed by atoms with Crippen molar-refractivity contribution in [1.82, 2.24) is 0 Å². The van der Waals surface area contributed by atoms with Crippen LogP contribution in [0.2, 0.25) is 0 Å². The van der Waals surface area contributed by atoms with E-state index in [0.717, 1.165) is 186 Å². The second-order valence-corrected chi connectivity index (χ2v) is 30.2. The third kappa shape index (κ3) is 80.2. The molecule has 0 saturated heterocycles. The topological polar surface area (TPSA) is 237 Å². The van der Waals surface area contributed by atoms with Crippen molar-refractivity contribution < 1.29 is 80.2 Å². The molecule has 624 valence electrons. The van der Waals surface area contributed by atoms with E-state index in [1.165, 1.54) is 38.5 Å². The fourth-order valence-electron chi connectivity index (χ4n) is 10.5. The van der Waals surface area contributed by atoms with Crippen LogP contribution in [0.5, 0.6) is 0 Å². The molecule has 0 saturated carbocycles. The third-order valence-corrected chi connectivity index (χ3v) is 18.7. The van der Waals surface area contributed by atoms with Gasteiger partial charge in [-0.1, -0.05) is 293 Å². The Bertz CT molecular complexity index is 2800. The summed E-state index contributed by atoms with van der Waals surface area (Å²) in [5.41, 5.74) is 0. The lowest BCUT2D eigenvalue weighted by Crippen LogP contribution is -2.30. The number of carbonyl (C=O) groups is 4. The summed E-state index contributed by atoms with van der Waals surface area (Å²) in [6.07, 6.45) is 98.7. The fourth-order valence-corrected chi connectivity index (χ4v) is 12.1. The number of hydrogen-bond donors (Lipinski definition) is 3. The first-order chi connectivity index (χ1) is 53.7. The van der Waals surface area contributed by atoms with Crippen molar-refractivity contribution in [2.75, 3.05) is 39.6 Å². The van der Waals surface area contributed by atoms with E-state index in [2.05, 4.69) is 192 Å². The fraction of sp³-hybridized carbons (Fsp3) is 0.626.